The van der Waals surface area contributed by atoms with Crippen LogP contribution in [0.1, 0.15) is 33.2 Å². The maximum atomic E-state index is 11.6. The quantitative estimate of drug-likeness (QED) is 0.476. The van der Waals surface area contributed by atoms with Gasteiger partial charge in [-0.15, -0.1) is 10.2 Å². The molecule has 0 aliphatic carbocycles. The summed E-state index contributed by atoms with van der Waals surface area (Å²) in [7, 11) is 0. The average molecular weight is 399 g/mol. The molecule has 0 fully saturated rings. The lowest BCUT2D eigenvalue weighted by molar-refractivity contribution is -0.131. The van der Waals surface area contributed by atoms with Crippen molar-refractivity contribution in [2.75, 3.05) is 0 Å². The summed E-state index contributed by atoms with van der Waals surface area (Å²) in [4.78, 5) is 22.7. The summed E-state index contributed by atoms with van der Waals surface area (Å²) < 4.78 is 7.17. The first-order valence-electron chi connectivity index (χ1n) is 8.22. The summed E-state index contributed by atoms with van der Waals surface area (Å²) in [6, 6.07) is 8.35. The highest BCUT2D eigenvalue weighted by Crippen LogP contribution is 2.30. The second-order valence-corrected chi connectivity index (χ2v) is 7.01. The molecule has 0 atom stereocenters. The molecule has 0 bridgehead atoms. The molecule has 0 radical (unpaired) electrons. The van der Waals surface area contributed by atoms with Gasteiger partial charge in [0.05, 0.1) is 5.56 Å². The van der Waals surface area contributed by atoms with E-state index >= 15 is 0 Å². The van der Waals surface area contributed by atoms with Crippen LogP contribution in [0.25, 0.3) is 11.8 Å². The minimum Gasteiger partial charge on any atom is -0.478 e. The Kier molecular flexibility index (Phi) is 5.36. The smallest absolute Gasteiger partial charge is 0.342 e. The van der Waals surface area contributed by atoms with Gasteiger partial charge in [0.25, 0.3) is 5.22 Å². The van der Waals surface area contributed by atoms with Crippen LogP contribution in [-0.2, 0) is 4.79 Å². The number of thioether (sulfide) groups is 1. The second kappa shape index (κ2) is 7.73. The predicted molar refractivity (Wildman–Crippen MR) is 103 cm³/mol. The molecule has 3 rings (SSSR count). The lowest BCUT2D eigenvalue weighted by Crippen LogP contribution is -2.01. The van der Waals surface area contributed by atoms with Gasteiger partial charge in [0.15, 0.2) is 0 Å². The van der Waals surface area contributed by atoms with Gasteiger partial charge in [-0.1, -0.05) is 0 Å². The molecule has 0 saturated carbocycles. The highest BCUT2D eigenvalue weighted by Gasteiger charge is 2.17. The minimum atomic E-state index is -1.10. The van der Waals surface area contributed by atoms with Crippen LogP contribution in [0.5, 0.6) is 0 Å². The second-order valence-electron chi connectivity index (χ2n) is 6.02. The van der Waals surface area contributed by atoms with E-state index in [2.05, 4.69) is 10.2 Å². The molecule has 0 amide bonds. The van der Waals surface area contributed by atoms with Gasteiger partial charge in [0, 0.05) is 24.0 Å². The Labute approximate surface area is 164 Å². The molecule has 8 nitrogen and oxygen atoms in total. The summed E-state index contributed by atoms with van der Waals surface area (Å²) in [6.07, 6.45) is 1.55. The normalized spacial score (nSPS) is 11.6. The van der Waals surface area contributed by atoms with Gasteiger partial charge in [0.2, 0.25) is 5.89 Å². The van der Waals surface area contributed by atoms with E-state index in [0.717, 1.165) is 34.4 Å². The van der Waals surface area contributed by atoms with Crippen LogP contribution < -0.4 is 0 Å². The van der Waals surface area contributed by atoms with Crippen molar-refractivity contribution < 1.29 is 24.2 Å². The van der Waals surface area contributed by atoms with Crippen molar-refractivity contribution in [2.24, 2.45) is 0 Å². The van der Waals surface area contributed by atoms with E-state index < -0.39 is 11.9 Å². The third kappa shape index (κ3) is 3.99. The van der Waals surface area contributed by atoms with Crippen molar-refractivity contribution in [1.82, 2.24) is 14.8 Å². The number of hydrogen-bond acceptors (Lipinski definition) is 6. The lowest BCUT2D eigenvalue weighted by Gasteiger charge is -2.10. The number of aryl methyl sites for hydroxylation is 2. The van der Waals surface area contributed by atoms with Crippen molar-refractivity contribution in [2.45, 2.75) is 26.0 Å². The number of rotatable bonds is 6. The summed E-state index contributed by atoms with van der Waals surface area (Å²) in [6.45, 7) is 5.39. The Morgan fingerprint density at radius 2 is 1.79 bits per heavy atom. The number of carboxylic acid groups (broad SMARTS) is 2. The Morgan fingerprint density at radius 3 is 2.32 bits per heavy atom. The third-order valence-electron chi connectivity index (χ3n) is 4.04. The summed E-state index contributed by atoms with van der Waals surface area (Å²) in [5.74, 6) is -1.73. The van der Waals surface area contributed by atoms with Gasteiger partial charge in [-0.3, -0.25) is 0 Å². The lowest BCUT2D eigenvalue weighted by atomic mass is 10.2. The van der Waals surface area contributed by atoms with Crippen molar-refractivity contribution in [3.05, 3.63) is 63.6 Å². The number of carbonyl (C=O) groups is 2. The number of carboxylic acids is 2. The fourth-order valence-corrected chi connectivity index (χ4v) is 3.48. The monoisotopic (exact) mass is 399 g/mol. The molecule has 0 aliphatic heterocycles. The first-order chi connectivity index (χ1) is 13.3. The topological polar surface area (TPSA) is 118 Å². The standard InChI is InChI=1S/C19H17N3O5S/c1-10-8-14(9-16(18(25)26)28-19-21-20-12(3)27-19)11(2)22(10)15-6-4-13(5-7-15)17(23)24/h4-9H,1-3H3,(H,23,24)(H,25,26)/b16-9-. The van der Waals surface area contributed by atoms with E-state index in [9.17, 15) is 14.7 Å². The maximum Gasteiger partial charge on any atom is 0.342 e. The van der Waals surface area contributed by atoms with E-state index in [1.165, 1.54) is 12.1 Å². The van der Waals surface area contributed by atoms with Gasteiger partial charge in [-0.25, -0.2) is 9.59 Å². The highest BCUT2D eigenvalue weighted by atomic mass is 32.2. The van der Waals surface area contributed by atoms with Crippen molar-refractivity contribution in [1.29, 1.82) is 0 Å². The largest absolute Gasteiger partial charge is 0.478 e. The molecule has 0 spiro atoms. The van der Waals surface area contributed by atoms with E-state index in [4.69, 9.17) is 9.52 Å². The fourth-order valence-electron chi connectivity index (χ4n) is 2.77. The summed E-state index contributed by atoms with van der Waals surface area (Å²) in [5.41, 5.74) is 3.42. The van der Waals surface area contributed by atoms with Crippen LogP contribution in [0.3, 0.4) is 0 Å². The predicted octanol–water partition coefficient (Wildman–Crippen LogP) is 3.70. The van der Waals surface area contributed by atoms with Crippen LogP contribution in [0.15, 0.2) is 44.9 Å². The van der Waals surface area contributed by atoms with Gasteiger partial charge < -0.3 is 19.2 Å². The van der Waals surface area contributed by atoms with Gasteiger partial charge in [-0.05, 0) is 67.6 Å². The van der Waals surface area contributed by atoms with Crippen LogP contribution in [0, 0.1) is 20.8 Å². The van der Waals surface area contributed by atoms with Crippen LogP contribution in [-0.4, -0.2) is 36.9 Å². The molecular weight excluding hydrogens is 382 g/mol. The summed E-state index contributed by atoms with van der Waals surface area (Å²) in [5, 5.41) is 26.2. The maximum absolute atomic E-state index is 11.6. The van der Waals surface area contributed by atoms with Gasteiger partial charge >= 0.3 is 11.9 Å². The van der Waals surface area contributed by atoms with Crippen LogP contribution in [0.4, 0.5) is 0 Å². The Morgan fingerprint density at radius 1 is 1.11 bits per heavy atom. The number of hydrogen-bond donors (Lipinski definition) is 2. The first-order valence-corrected chi connectivity index (χ1v) is 9.03. The van der Waals surface area contributed by atoms with Gasteiger partial charge in [0.1, 0.15) is 4.91 Å². The molecule has 144 valence electrons. The molecule has 0 saturated heterocycles. The number of benzene rings is 1. The molecule has 9 heteroatoms. The molecule has 28 heavy (non-hydrogen) atoms. The van der Waals surface area contributed by atoms with E-state index in [-0.39, 0.29) is 15.7 Å². The van der Waals surface area contributed by atoms with E-state index in [0.29, 0.717) is 5.89 Å². The first kappa shape index (κ1) is 19.4. The SMILES string of the molecule is Cc1nnc(S/C(=C\c2cc(C)n(-c3ccc(C(=O)O)cc3)c2C)C(=O)O)o1. The molecule has 2 heterocycles. The zero-order chi connectivity index (χ0) is 20.4. The van der Waals surface area contributed by atoms with Crippen LogP contribution >= 0.6 is 11.8 Å². The number of nitrogens with zero attached hydrogens (tertiary/aromatic N) is 3. The fraction of sp³-hybridized carbons (Fsp3) is 0.158. The highest BCUT2D eigenvalue weighted by molar-refractivity contribution is 8.03. The zero-order valence-corrected chi connectivity index (χ0v) is 16.1. The molecule has 2 aromatic heterocycles. The Balaban J connectivity index is 1.98. The number of aromatic carboxylic acids is 1. The van der Waals surface area contributed by atoms with Crippen molar-refractivity contribution in [3.8, 4) is 5.69 Å². The third-order valence-corrected chi connectivity index (χ3v) is 4.90. The molecular formula is C19H17N3O5S. The molecule has 2 N–H and O–H groups in total. The Hall–Kier alpha value is -3.33. The number of aliphatic carboxylic acids is 1. The van der Waals surface area contributed by atoms with E-state index in [1.54, 1.807) is 25.1 Å². The molecule has 0 aliphatic rings. The van der Waals surface area contributed by atoms with Crippen LogP contribution in [0.2, 0.25) is 0 Å². The van der Waals surface area contributed by atoms with Crippen molar-refractivity contribution >= 4 is 29.8 Å². The van der Waals surface area contributed by atoms with Crippen molar-refractivity contribution in [3.63, 3.8) is 0 Å². The van der Waals surface area contributed by atoms with Gasteiger partial charge in [-0.2, -0.15) is 0 Å². The van der Waals surface area contributed by atoms with E-state index in [1.807, 2.05) is 24.5 Å². The number of aromatic nitrogens is 3. The minimum absolute atomic E-state index is 0.0464. The molecule has 3 aromatic rings. The zero-order valence-electron chi connectivity index (χ0n) is 15.3. The average Bonchev–Trinajstić information content (AvgIpc) is 3.17. The molecule has 0 unspecified atom stereocenters. The molecule has 1 aromatic carbocycles. The Bertz CT molecular complexity index is 1080. The summed E-state index contributed by atoms with van der Waals surface area (Å²) >= 11 is 0.884.